The van der Waals surface area contributed by atoms with Crippen molar-refractivity contribution >= 4 is 11.9 Å². The molecule has 0 aliphatic carbocycles. The highest BCUT2D eigenvalue weighted by molar-refractivity contribution is 5.79. The Morgan fingerprint density at radius 3 is 2.48 bits per heavy atom. The molecule has 0 aromatic heterocycles. The zero-order valence-electron chi connectivity index (χ0n) is 14.3. The number of nitrogens with zero attached hydrogens (tertiary/aromatic N) is 1. The van der Waals surface area contributed by atoms with Gasteiger partial charge >= 0.3 is 5.97 Å². The van der Waals surface area contributed by atoms with Crippen molar-refractivity contribution in [3.8, 4) is 0 Å². The average Bonchev–Trinajstić information content (AvgIpc) is 2.53. The Labute approximate surface area is 138 Å². The number of benzene rings is 1. The largest absolute Gasteiger partial charge is 0.481 e. The number of carboxylic acids is 1. The van der Waals surface area contributed by atoms with Crippen LogP contribution >= 0.6 is 0 Å². The van der Waals surface area contributed by atoms with E-state index in [0.717, 1.165) is 12.0 Å². The van der Waals surface area contributed by atoms with Crippen molar-refractivity contribution in [3.05, 3.63) is 35.4 Å². The maximum Gasteiger partial charge on any atom is 0.311 e. The maximum absolute atomic E-state index is 12.4. The summed E-state index contributed by atoms with van der Waals surface area (Å²) in [5.74, 6) is -0.239. The van der Waals surface area contributed by atoms with Crippen molar-refractivity contribution in [2.24, 2.45) is 5.41 Å². The molecule has 1 heterocycles. The Morgan fingerprint density at radius 2 is 1.91 bits per heavy atom. The van der Waals surface area contributed by atoms with Crippen LogP contribution in [0.5, 0.6) is 0 Å². The molecule has 0 saturated carbocycles. The highest BCUT2D eigenvalue weighted by atomic mass is 16.4. The predicted molar refractivity (Wildman–Crippen MR) is 90.4 cm³/mol. The number of rotatable bonds is 5. The van der Waals surface area contributed by atoms with Crippen LogP contribution in [0.25, 0.3) is 0 Å². The molecule has 0 radical (unpaired) electrons. The second-order valence-electron chi connectivity index (χ2n) is 7.18. The molecule has 1 N–H and O–H groups in total. The smallest absolute Gasteiger partial charge is 0.311 e. The van der Waals surface area contributed by atoms with Crippen LogP contribution in [0.2, 0.25) is 0 Å². The summed E-state index contributed by atoms with van der Waals surface area (Å²) in [6.07, 6.45) is 2.55. The third-order valence-electron chi connectivity index (χ3n) is 4.84. The quantitative estimate of drug-likeness (QED) is 0.905. The molecule has 1 atom stereocenters. The number of hydrogen-bond acceptors (Lipinski definition) is 2. The molecule has 1 saturated heterocycles. The summed E-state index contributed by atoms with van der Waals surface area (Å²) in [7, 11) is 0. The van der Waals surface area contributed by atoms with Crippen molar-refractivity contribution in [2.75, 3.05) is 13.1 Å². The molecular weight excluding hydrogens is 290 g/mol. The number of aliphatic carboxylic acids is 1. The Hall–Kier alpha value is -1.84. The first-order valence-corrected chi connectivity index (χ1v) is 8.42. The van der Waals surface area contributed by atoms with Crippen LogP contribution in [0.3, 0.4) is 0 Å². The molecule has 0 spiro atoms. The van der Waals surface area contributed by atoms with Crippen LogP contribution in [0.4, 0.5) is 0 Å². The van der Waals surface area contributed by atoms with Crippen LogP contribution in [0.15, 0.2) is 24.3 Å². The minimum absolute atomic E-state index is 0.0603. The molecule has 4 nitrogen and oxygen atoms in total. The highest BCUT2D eigenvalue weighted by Gasteiger charge is 2.39. The van der Waals surface area contributed by atoms with E-state index >= 15 is 0 Å². The van der Waals surface area contributed by atoms with Crippen LogP contribution < -0.4 is 0 Å². The monoisotopic (exact) mass is 317 g/mol. The molecule has 2 rings (SSSR count). The molecule has 1 unspecified atom stereocenters. The van der Waals surface area contributed by atoms with Crippen LogP contribution in [-0.2, 0) is 16.0 Å². The first-order chi connectivity index (χ1) is 10.8. The minimum atomic E-state index is -0.806. The molecule has 1 aliphatic heterocycles. The summed E-state index contributed by atoms with van der Waals surface area (Å²) < 4.78 is 0. The number of amides is 1. The zero-order chi connectivity index (χ0) is 17.0. The summed E-state index contributed by atoms with van der Waals surface area (Å²) >= 11 is 0. The molecule has 126 valence electrons. The normalized spacial score (nSPS) is 21.5. The van der Waals surface area contributed by atoms with Crippen molar-refractivity contribution in [1.29, 1.82) is 0 Å². The second-order valence-corrected chi connectivity index (χ2v) is 7.18. The molecule has 1 aliphatic rings. The van der Waals surface area contributed by atoms with Crippen LogP contribution in [0.1, 0.15) is 57.1 Å². The van der Waals surface area contributed by atoms with Gasteiger partial charge in [0.1, 0.15) is 0 Å². The number of likely N-dealkylation sites (tertiary alicyclic amines) is 1. The minimum Gasteiger partial charge on any atom is -0.481 e. The van der Waals surface area contributed by atoms with Gasteiger partial charge in [-0.2, -0.15) is 0 Å². The summed E-state index contributed by atoms with van der Waals surface area (Å²) in [4.78, 5) is 25.5. The second kappa shape index (κ2) is 7.16. The first-order valence-electron chi connectivity index (χ1n) is 8.42. The van der Waals surface area contributed by atoms with Crippen molar-refractivity contribution < 1.29 is 14.7 Å². The van der Waals surface area contributed by atoms with Gasteiger partial charge in [-0.05, 0) is 43.2 Å². The van der Waals surface area contributed by atoms with Gasteiger partial charge in [-0.15, -0.1) is 0 Å². The van der Waals surface area contributed by atoms with Gasteiger partial charge in [-0.3, -0.25) is 9.59 Å². The fourth-order valence-corrected chi connectivity index (χ4v) is 3.11. The molecule has 1 aromatic rings. The highest BCUT2D eigenvalue weighted by Crippen LogP contribution is 2.30. The maximum atomic E-state index is 12.4. The van der Waals surface area contributed by atoms with E-state index in [1.165, 1.54) is 5.56 Å². The standard InChI is InChI=1S/C19H27NO3/c1-14(2)16-8-5-15(6-9-16)7-10-17(21)20-12-4-11-19(3,13-20)18(22)23/h5-6,8-9,14H,4,7,10-13H2,1-3H3,(H,22,23). The lowest BCUT2D eigenvalue weighted by Gasteiger charge is -2.37. The lowest BCUT2D eigenvalue weighted by Crippen LogP contribution is -2.48. The summed E-state index contributed by atoms with van der Waals surface area (Å²) in [6.45, 7) is 7.06. The van der Waals surface area contributed by atoms with Gasteiger partial charge in [0.25, 0.3) is 0 Å². The fraction of sp³-hybridized carbons (Fsp3) is 0.579. The van der Waals surface area contributed by atoms with E-state index in [2.05, 4.69) is 38.1 Å². The van der Waals surface area contributed by atoms with Gasteiger partial charge in [0.2, 0.25) is 5.91 Å². The predicted octanol–water partition coefficient (Wildman–Crippen LogP) is 3.46. The Bertz CT molecular complexity index is 564. The summed E-state index contributed by atoms with van der Waals surface area (Å²) in [5.41, 5.74) is 1.65. The zero-order valence-corrected chi connectivity index (χ0v) is 14.3. The van der Waals surface area contributed by atoms with E-state index in [1.807, 2.05) is 0 Å². The first kappa shape index (κ1) is 17.5. The number of carbonyl (C=O) groups excluding carboxylic acids is 1. The summed E-state index contributed by atoms with van der Waals surface area (Å²) in [5, 5.41) is 9.34. The van der Waals surface area contributed by atoms with Crippen LogP contribution in [-0.4, -0.2) is 35.0 Å². The number of carboxylic acid groups (broad SMARTS) is 1. The third kappa shape index (κ3) is 4.34. The Kier molecular flexibility index (Phi) is 5.45. The van der Waals surface area contributed by atoms with Gasteiger partial charge in [0.15, 0.2) is 0 Å². The number of hydrogen-bond donors (Lipinski definition) is 1. The van der Waals surface area contributed by atoms with E-state index in [9.17, 15) is 14.7 Å². The topological polar surface area (TPSA) is 57.6 Å². The molecule has 23 heavy (non-hydrogen) atoms. The summed E-state index contributed by atoms with van der Waals surface area (Å²) in [6, 6.07) is 8.40. The van der Waals surface area contributed by atoms with Gasteiger partial charge in [-0.1, -0.05) is 38.1 Å². The molecule has 4 heteroatoms. The van der Waals surface area contributed by atoms with E-state index in [1.54, 1.807) is 11.8 Å². The average molecular weight is 317 g/mol. The van der Waals surface area contributed by atoms with Gasteiger partial charge in [0, 0.05) is 19.5 Å². The van der Waals surface area contributed by atoms with Crippen molar-refractivity contribution in [3.63, 3.8) is 0 Å². The van der Waals surface area contributed by atoms with Gasteiger partial charge in [-0.25, -0.2) is 0 Å². The molecule has 1 fully saturated rings. The van der Waals surface area contributed by atoms with E-state index in [0.29, 0.717) is 38.3 Å². The lowest BCUT2D eigenvalue weighted by molar-refractivity contribution is -0.153. The lowest BCUT2D eigenvalue weighted by atomic mass is 9.82. The van der Waals surface area contributed by atoms with Crippen molar-refractivity contribution in [1.82, 2.24) is 4.90 Å². The number of aryl methyl sites for hydroxylation is 1. The van der Waals surface area contributed by atoms with E-state index < -0.39 is 11.4 Å². The molecule has 1 aromatic carbocycles. The Morgan fingerprint density at radius 1 is 1.26 bits per heavy atom. The molecular formula is C19H27NO3. The van der Waals surface area contributed by atoms with E-state index in [-0.39, 0.29) is 5.91 Å². The fourth-order valence-electron chi connectivity index (χ4n) is 3.11. The van der Waals surface area contributed by atoms with Crippen molar-refractivity contribution in [2.45, 2.75) is 52.4 Å². The number of carbonyl (C=O) groups is 2. The number of piperidine rings is 1. The SMILES string of the molecule is CC(C)c1ccc(CCC(=O)N2CCCC(C)(C(=O)O)C2)cc1. The third-order valence-corrected chi connectivity index (χ3v) is 4.84. The molecule has 1 amide bonds. The van der Waals surface area contributed by atoms with Gasteiger partial charge in [0.05, 0.1) is 5.41 Å². The van der Waals surface area contributed by atoms with Gasteiger partial charge < -0.3 is 10.0 Å². The van der Waals surface area contributed by atoms with E-state index in [4.69, 9.17) is 0 Å². The van der Waals surface area contributed by atoms with Crippen LogP contribution in [0, 0.1) is 5.41 Å². The Balaban J connectivity index is 1.90. The molecule has 0 bridgehead atoms.